The number of nitrogen functional groups attached to an aromatic ring is 1. The number of anilines is 1. The molecular weight excluding hydrogens is 269 g/mol. The second-order valence-electron chi connectivity index (χ2n) is 2.45. The molecule has 0 unspecified atom stereocenters. The van der Waals surface area contributed by atoms with Crippen LogP contribution in [0.15, 0.2) is 22.7 Å². The van der Waals surface area contributed by atoms with Crippen molar-refractivity contribution < 1.29 is 9.53 Å². The van der Waals surface area contributed by atoms with Crippen LogP contribution in [0.25, 0.3) is 0 Å². The molecule has 0 aromatic heterocycles. The van der Waals surface area contributed by atoms with Crippen LogP contribution in [0.4, 0.5) is 5.69 Å². The van der Waals surface area contributed by atoms with Crippen LogP contribution in [0.3, 0.4) is 0 Å². The van der Waals surface area contributed by atoms with Crippen molar-refractivity contribution in [2.45, 2.75) is 6.92 Å². The van der Waals surface area contributed by atoms with Crippen LogP contribution in [0.5, 0.6) is 0 Å². The van der Waals surface area contributed by atoms with Crippen molar-refractivity contribution in [1.29, 1.82) is 0 Å². The summed E-state index contributed by atoms with van der Waals surface area (Å²) in [6.07, 6.45) is 0. The zero-order valence-corrected chi connectivity index (χ0v) is 10.0. The van der Waals surface area contributed by atoms with Gasteiger partial charge < -0.3 is 10.5 Å². The molecule has 0 radical (unpaired) electrons. The summed E-state index contributed by atoms with van der Waals surface area (Å²) in [6, 6.07) is 5.06. The highest BCUT2D eigenvalue weighted by Crippen LogP contribution is 2.19. The lowest BCUT2D eigenvalue weighted by Gasteiger charge is -2.04. The van der Waals surface area contributed by atoms with Crippen molar-refractivity contribution in [3.8, 4) is 0 Å². The minimum atomic E-state index is -0.382. The summed E-state index contributed by atoms with van der Waals surface area (Å²) in [5, 5.41) is 0. The second-order valence-corrected chi connectivity index (χ2v) is 3.37. The maximum absolute atomic E-state index is 11.3. The standard InChI is InChI=1S/C9H10BrNO2.ClH/c1-2-13-9(12)7-4-3-6(10)5-8(7)11;/h3-5H,2,11H2,1H3;1H. The van der Waals surface area contributed by atoms with E-state index in [1.54, 1.807) is 25.1 Å². The molecule has 0 saturated carbocycles. The fourth-order valence-electron chi connectivity index (χ4n) is 0.928. The van der Waals surface area contributed by atoms with Crippen molar-refractivity contribution in [3.05, 3.63) is 28.2 Å². The van der Waals surface area contributed by atoms with Gasteiger partial charge in [0.1, 0.15) is 0 Å². The Morgan fingerprint density at radius 1 is 1.57 bits per heavy atom. The molecule has 0 bridgehead atoms. The van der Waals surface area contributed by atoms with Crippen LogP contribution in [0.2, 0.25) is 0 Å². The first kappa shape index (κ1) is 13.3. The molecule has 1 aromatic rings. The largest absolute Gasteiger partial charge is 0.462 e. The van der Waals surface area contributed by atoms with Crippen molar-refractivity contribution in [1.82, 2.24) is 0 Å². The number of hydrogen-bond acceptors (Lipinski definition) is 3. The van der Waals surface area contributed by atoms with Crippen molar-refractivity contribution in [3.63, 3.8) is 0 Å². The minimum Gasteiger partial charge on any atom is -0.462 e. The predicted molar refractivity (Wildman–Crippen MR) is 61.8 cm³/mol. The first-order valence-electron chi connectivity index (χ1n) is 3.87. The molecule has 0 aliphatic rings. The Labute approximate surface area is 97.2 Å². The van der Waals surface area contributed by atoms with Crippen LogP contribution in [0.1, 0.15) is 17.3 Å². The number of nitrogens with two attached hydrogens (primary N) is 1. The molecule has 0 aliphatic carbocycles. The molecule has 0 fully saturated rings. The van der Waals surface area contributed by atoms with Crippen LogP contribution in [-0.2, 0) is 4.74 Å². The predicted octanol–water partition coefficient (Wildman–Crippen LogP) is 2.63. The van der Waals surface area contributed by atoms with Gasteiger partial charge in [-0.15, -0.1) is 12.4 Å². The third-order valence-electron chi connectivity index (χ3n) is 1.51. The Bertz CT molecular complexity index is 331. The lowest BCUT2D eigenvalue weighted by Crippen LogP contribution is -2.07. The average molecular weight is 281 g/mol. The fourth-order valence-corrected chi connectivity index (χ4v) is 1.31. The number of hydrogen-bond donors (Lipinski definition) is 1. The number of benzene rings is 1. The maximum atomic E-state index is 11.3. The number of esters is 1. The summed E-state index contributed by atoms with van der Waals surface area (Å²) in [7, 11) is 0. The first-order valence-corrected chi connectivity index (χ1v) is 4.66. The smallest absolute Gasteiger partial charge is 0.340 e. The molecule has 2 N–H and O–H groups in total. The zero-order chi connectivity index (χ0) is 9.84. The first-order chi connectivity index (χ1) is 6.15. The average Bonchev–Trinajstić information content (AvgIpc) is 2.04. The molecule has 14 heavy (non-hydrogen) atoms. The number of rotatable bonds is 2. The molecule has 78 valence electrons. The van der Waals surface area contributed by atoms with Gasteiger partial charge in [0.15, 0.2) is 0 Å². The molecule has 5 heteroatoms. The maximum Gasteiger partial charge on any atom is 0.340 e. The highest BCUT2D eigenvalue weighted by atomic mass is 79.9. The Balaban J connectivity index is 0.00000169. The summed E-state index contributed by atoms with van der Waals surface area (Å²) in [5.74, 6) is -0.382. The van der Waals surface area contributed by atoms with E-state index in [0.29, 0.717) is 17.9 Å². The van der Waals surface area contributed by atoms with Gasteiger partial charge in [0, 0.05) is 10.2 Å². The van der Waals surface area contributed by atoms with E-state index in [2.05, 4.69) is 15.9 Å². The molecule has 3 nitrogen and oxygen atoms in total. The fraction of sp³-hybridized carbons (Fsp3) is 0.222. The van der Waals surface area contributed by atoms with E-state index in [9.17, 15) is 4.79 Å². The van der Waals surface area contributed by atoms with E-state index >= 15 is 0 Å². The summed E-state index contributed by atoms with van der Waals surface area (Å²) in [5.41, 5.74) is 6.45. The van der Waals surface area contributed by atoms with E-state index in [-0.39, 0.29) is 18.4 Å². The van der Waals surface area contributed by atoms with Gasteiger partial charge in [0.2, 0.25) is 0 Å². The normalized spacial score (nSPS) is 9.00. The van der Waals surface area contributed by atoms with E-state index in [1.807, 2.05) is 0 Å². The monoisotopic (exact) mass is 279 g/mol. The molecule has 0 heterocycles. The van der Waals surface area contributed by atoms with Crippen LogP contribution in [0, 0.1) is 0 Å². The Kier molecular flexibility index (Phi) is 5.57. The molecule has 0 amide bonds. The zero-order valence-electron chi connectivity index (χ0n) is 7.62. The molecule has 0 saturated heterocycles. The SMILES string of the molecule is CCOC(=O)c1ccc(Br)cc1N.Cl. The van der Waals surface area contributed by atoms with Gasteiger partial charge in [-0.2, -0.15) is 0 Å². The topological polar surface area (TPSA) is 52.3 Å². The highest BCUT2D eigenvalue weighted by Gasteiger charge is 2.09. The van der Waals surface area contributed by atoms with Crippen molar-refractivity contribution in [2.24, 2.45) is 0 Å². The van der Waals surface area contributed by atoms with E-state index in [4.69, 9.17) is 10.5 Å². The number of ether oxygens (including phenoxy) is 1. The number of halogens is 2. The van der Waals surface area contributed by atoms with Crippen LogP contribution in [-0.4, -0.2) is 12.6 Å². The van der Waals surface area contributed by atoms with Crippen LogP contribution >= 0.6 is 28.3 Å². The number of carbonyl (C=O) groups excluding carboxylic acids is 1. The lowest BCUT2D eigenvalue weighted by molar-refractivity contribution is 0.0527. The molecule has 0 atom stereocenters. The van der Waals surface area contributed by atoms with Gasteiger partial charge in [-0.3, -0.25) is 0 Å². The van der Waals surface area contributed by atoms with Crippen LogP contribution < -0.4 is 5.73 Å². The van der Waals surface area contributed by atoms with E-state index in [0.717, 1.165) is 4.47 Å². The second kappa shape index (κ2) is 5.88. The van der Waals surface area contributed by atoms with Gasteiger partial charge in [0.25, 0.3) is 0 Å². The third kappa shape index (κ3) is 3.20. The third-order valence-corrected chi connectivity index (χ3v) is 2.00. The van der Waals surface area contributed by atoms with Crippen molar-refractivity contribution in [2.75, 3.05) is 12.3 Å². The molecular formula is C9H11BrClNO2. The summed E-state index contributed by atoms with van der Waals surface area (Å²) in [4.78, 5) is 11.3. The highest BCUT2D eigenvalue weighted by molar-refractivity contribution is 9.10. The van der Waals surface area contributed by atoms with E-state index < -0.39 is 0 Å². The molecule has 0 aliphatic heterocycles. The molecule has 1 rings (SSSR count). The van der Waals surface area contributed by atoms with Gasteiger partial charge in [-0.05, 0) is 25.1 Å². The summed E-state index contributed by atoms with van der Waals surface area (Å²) >= 11 is 3.25. The Morgan fingerprint density at radius 3 is 2.71 bits per heavy atom. The van der Waals surface area contributed by atoms with Gasteiger partial charge in [-0.25, -0.2) is 4.79 Å². The Morgan fingerprint density at radius 2 is 2.21 bits per heavy atom. The van der Waals surface area contributed by atoms with Crippen molar-refractivity contribution >= 4 is 40.0 Å². The van der Waals surface area contributed by atoms with Gasteiger partial charge >= 0.3 is 5.97 Å². The summed E-state index contributed by atoms with van der Waals surface area (Å²) < 4.78 is 5.66. The summed E-state index contributed by atoms with van der Waals surface area (Å²) in [6.45, 7) is 2.11. The Hall–Kier alpha value is -0.740. The van der Waals surface area contributed by atoms with Gasteiger partial charge in [-0.1, -0.05) is 15.9 Å². The minimum absolute atomic E-state index is 0. The van der Waals surface area contributed by atoms with Gasteiger partial charge in [0.05, 0.1) is 12.2 Å². The quantitative estimate of drug-likeness (QED) is 0.669. The van der Waals surface area contributed by atoms with E-state index in [1.165, 1.54) is 0 Å². The molecule has 1 aromatic carbocycles. The lowest BCUT2D eigenvalue weighted by atomic mass is 10.2. The molecule has 0 spiro atoms. The number of carbonyl (C=O) groups is 1.